The maximum absolute atomic E-state index is 11.4. The molecule has 5 rings (SSSR count). The molecule has 2 N–H and O–H groups in total. The summed E-state index contributed by atoms with van der Waals surface area (Å²) < 4.78 is 5.69. The summed E-state index contributed by atoms with van der Waals surface area (Å²) in [6.07, 6.45) is 9.06. The molecule has 1 atom stereocenters. The normalized spacial score (nSPS) is 20.0. The number of rotatable bonds is 6. The number of pyridine rings is 2. The second-order valence-corrected chi connectivity index (χ2v) is 8.51. The van der Waals surface area contributed by atoms with E-state index in [9.17, 15) is 4.79 Å². The second-order valence-electron chi connectivity index (χ2n) is 8.51. The van der Waals surface area contributed by atoms with Crippen LogP contribution in [0.15, 0.2) is 47.4 Å². The third-order valence-electron chi connectivity index (χ3n) is 6.42. The highest BCUT2D eigenvalue weighted by Gasteiger charge is 2.31. The number of aromatic nitrogens is 4. The van der Waals surface area contributed by atoms with Gasteiger partial charge in [0.15, 0.2) is 0 Å². The number of carbonyl (C=O) groups is 1. The molecule has 166 valence electrons. The standard InChI is InChI=1S/C23H27N7O2/c24-21(31)17-6-11-29(12-7-17)20-13-18(5-9-26-20)22-27-23(32-28-22)19-4-2-10-30(19)15-16-3-1-8-25-14-16/h1,3,5,8-9,13-14,17,19H,2,4,6-7,10-12,15H2,(H2,24,31). The van der Waals surface area contributed by atoms with E-state index in [0.29, 0.717) is 11.7 Å². The van der Waals surface area contributed by atoms with Gasteiger partial charge < -0.3 is 15.2 Å². The van der Waals surface area contributed by atoms with Crippen LogP contribution in [-0.2, 0) is 11.3 Å². The molecule has 9 nitrogen and oxygen atoms in total. The van der Waals surface area contributed by atoms with Crippen LogP contribution in [-0.4, -0.2) is 50.5 Å². The van der Waals surface area contributed by atoms with Crippen LogP contribution < -0.4 is 10.6 Å². The lowest BCUT2D eigenvalue weighted by Gasteiger charge is -2.31. The van der Waals surface area contributed by atoms with E-state index in [2.05, 4.69) is 31.0 Å². The minimum Gasteiger partial charge on any atom is -0.369 e. The molecule has 0 radical (unpaired) electrons. The lowest BCUT2D eigenvalue weighted by molar-refractivity contribution is -0.122. The molecule has 0 spiro atoms. The van der Waals surface area contributed by atoms with Gasteiger partial charge >= 0.3 is 0 Å². The Labute approximate surface area is 186 Å². The van der Waals surface area contributed by atoms with Crippen LogP contribution in [0.2, 0.25) is 0 Å². The summed E-state index contributed by atoms with van der Waals surface area (Å²) in [4.78, 5) is 29.4. The first kappa shape index (κ1) is 20.6. The van der Waals surface area contributed by atoms with E-state index in [0.717, 1.165) is 63.2 Å². The molecule has 5 heterocycles. The predicted octanol–water partition coefficient (Wildman–Crippen LogP) is 2.57. The number of hydrogen-bond donors (Lipinski definition) is 1. The van der Waals surface area contributed by atoms with Crippen LogP contribution in [0.25, 0.3) is 11.4 Å². The predicted molar refractivity (Wildman–Crippen MR) is 118 cm³/mol. The molecule has 0 aliphatic carbocycles. The summed E-state index contributed by atoms with van der Waals surface area (Å²) in [5.41, 5.74) is 7.50. The van der Waals surface area contributed by atoms with E-state index in [1.54, 1.807) is 12.4 Å². The van der Waals surface area contributed by atoms with Crippen LogP contribution in [0.5, 0.6) is 0 Å². The van der Waals surface area contributed by atoms with Gasteiger partial charge in [-0.1, -0.05) is 11.2 Å². The van der Waals surface area contributed by atoms with Crippen molar-refractivity contribution in [3.05, 3.63) is 54.3 Å². The topological polar surface area (TPSA) is 114 Å². The van der Waals surface area contributed by atoms with Crippen molar-refractivity contribution in [2.24, 2.45) is 11.7 Å². The Morgan fingerprint density at radius 2 is 2.03 bits per heavy atom. The number of hydrogen-bond acceptors (Lipinski definition) is 8. The summed E-state index contributed by atoms with van der Waals surface area (Å²) in [5, 5.41) is 4.26. The van der Waals surface area contributed by atoms with Gasteiger partial charge in [-0.2, -0.15) is 4.98 Å². The molecule has 3 aromatic heterocycles. The van der Waals surface area contributed by atoms with Crippen molar-refractivity contribution in [1.82, 2.24) is 25.0 Å². The Kier molecular flexibility index (Phi) is 5.81. The maximum atomic E-state index is 11.4. The highest BCUT2D eigenvalue weighted by Crippen LogP contribution is 2.33. The van der Waals surface area contributed by atoms with E-state index >= 15 is 0 Å². The summed E-state index contributed by atoms with van der Waals surface area (Å²) >= 11 is 0. The maximum Gasteiger partial charge on any atom is 0.244 e. The molecule has 2 aliphatic heterocycles. The molecule has 2 saturated heterocycles. The molecule has 32 heavy (non-hydrogen) atoms. The average molecular weight is 434 g/mol. The van der Waals surface area contributed by atoms with Gasteiger partial charge in [0.2, 0.25) is 17.6 Å². The van der Waals surface area contributed by atoms with E-state index in [1.165, 1.54) is 5.56 Å². The highest BCUT2D eigenvalue weighted by atomic mass is 16.5. The van der Waals surface area contributed by atoms with Gasteiger partial charge in [0, 0.05) is 49.7 Å². The number of nitrogens with zero attached hydrogens (tertiary/aromatic N) is 6. The van der Waals surface area contributed by atoms with Gasteiger partial charge in [-0.3, -0.25) is 14.7 Å². The lowest BCUT2D eigenvalue weighted by atomic mass is 9.96. The highest BCUT2D eigenvalue weighted by molar-refractivity contribution is 5.77. The van der Waals surface area contributed by atoms with Gasteiger partial charge in [-0.05, 0) is 56.0 Å². The number of anilines is 1. The Hall–Kier alpha value is -3.33. The molecule has 0 aromatic carbocycles. The third-order valence-corrected chi connectivity index (χ3v) is 6.42. The van der Waals surface area contributed by atoms with Crippen LogP contribution in [0.3, 0.4) is 0 Å². The van der Waals surface area contributed by atoms with Crippen molar-refractivity contribution in [2.75, 3.05) is 24.5 Å². The quantitative estimate of drug-likeness (QED) is 0.631. The van der Waals surface area contributed by atoms with Gasteiger partial charge in [0.05, 0.1) is 6.04 Å². The molecule has 1 amide bonds. The lowest BCUT2D eigenvalue weighted by Crippen LogP contribution is -2.38. The fourth-order valence-corrected chi connectivity index (χ4v) is 4.63. The fraction of sp³-hybridized carbons (Fsp3) is 0.435. The molecule has 2 fully saturated rings. The summed E-state index contributed by atoms with van der Waals surface area (Å²) in [6, 6.07) is 8.05. The minimum atomic E-state index is -0.213. The number of nitrogens with two attached hydrogens (primary N) is 1. The molecular formula is C23H27N7O2. The average Bonchev–Trinajstić information content (AvgIpc) is 3.49. The zero-order valence-electron chi connectivity index (χ0n) is 17.9. The second kappa shape index (κ2) is 9.04. The monoisotopic (exact) mass is 433 g/mol. The van der Waals surface area contributed by atoms with Crippen molar-refractivity contribution >= 4 is 11.7 Å². The van der Waals surface area contributed by atoms with Crippen LogP contribution in [0, 0.1) is 5.92 Å². The van der Waals surface area contributed by atoms with Gasteiger partial charge in [-0.15, -0.1) is 0 Å². The third kappa shape index (κ3) is 4.34. The Bertz CT molecular complexity index is 1060. The molecule has 1 unspecified atom stereocenters. The van der Waals surface area contributed by atoms with Crippen molar-refractivity contribution in [2.45, 2.75) is 38.3 Å². The van der Waals surface area contributed by atoms with Crippen molar-refractivity contribution in [3.8, 4) is 11.4 Å². The Balaban J connectivity index is 1.29. The first-order chi connectivity index (χ1) is 15.7. The van der Waals surface area contributed by atoms with Crippen molar-refractivity contribution in [3.63, 3.8) is 0 Å². The van der Waals surface area contributed by atoms with Gasteiger partial charge in [0.1, 0.15) is 5.82 Å². The number of amides is 1. The molecular weight excluding hydrogens is 406 g/mol. The van der Waals surface area contributed by atoms with Gasteiger partial charge in [-0.25, -0.2) is 4.98 Å². The Morgan fingerprint density at radius 3 is 2.81 bits per heavy atom. The number of likely N-dealkylation sites (tertiary alicyclic amines) is 1. The molecule has 3 aromatic rings. The van der Waals surface area contributed by atoms with E-state index in [4.69, 9.17) is 15.2 Å². The summed E-state index contributed by atoms with van der Waals surface area (Å²) in [5.74, 6) is 1.83. The minimum absolute atomic E-state index is 0.0461. The van der Waals surface area contributed by atoms with Crippen LogP contribution in [0.4, 0.5) is 5.82 Å². The molecule has 0 bridgehead atoms. The van der Waals surface area contributed by atoms with Crippen LogP contribution in [0.1, 0.15) is 43.2 Å². The van der Waals surface area contributed by atoms with Crippen LogP contribution >= 0.6 is 0 Å². The van der Waals surface area contributed by atoms with E-state index < -0.39 is 0 Å². The van der Waals surface area contributed by atoms with Crippen molar-refractivity contribution in [1.29, 1.82) is 0 Å². The van der Waals surface area contributed by atoms with Gasteiger partial charge in [0.25, 0.3) is 0 Å². The number of carbonyl (C=O) groups excluding carboxylic acids is 1. The fourth-order valence-electron chi connectivity index (χ4n) is 4.63. The first-order valence-electron chi connectivity index (χ1n) is 11.1. The Morgan fingerprint density at radius 1 is 1.16 bits per heavy atom. The number of primary amides is 1. The van der Waals surface area contributed by atoms with E-state index in [-0.39, 0.29) is 17.9 Å². The summed E-state index contributed by atoms with van der Waals surface area (Å²) in [7, 11) is 0. The zero-order chi connectivity index (χ0) is 21.9. The van der Waals surface area contributed by atoms with E-state index in [1.807, 2.05) is 24.4 Å². The zero-order valence-corrected chi connectivity index (χ0v) is 17.9. The van der Waals surface area contributed by atoms with Crippen molar-refractivity contribution < 1.29 is 9.32 Å². The SMILES string of the molecule is NC(=O)C1CCN(c2cc(-c3noc(C4CCCN4Cc4cccnc4)n3)ccn2)CC1. The molecule has 9 heteroatoms. The molecule has 2 aliphatic rings. The number of piperidine rings is 1. The summed E-state index contributed by atoms with van der Waals surface area (Å²) in [6.45, 7) is 3.33. The largest absolute Gasteiger partial charge is 0.369 e. The first-order valence-corrected chi connectivity index (χ1v) is 11.1. The smallest absolute Gasteiger partial charge is 0.244 e. The molecule has 0 saturated carbocycles.